The number of carbonyl (C=O) groups is 2. The Morgan fingerprint density at radius 1 is 1.16 bits per heavy atom. The van der Waals surface area contributed by atoms with Gasteiger partial charge in [-0.15, -0.1) is 0 Å². The van der Waals surface area contributed by atoms with Crippen LogP contribution in [0.1, 0.15) is 42.1 Å². The summed E-state index contributed by atoms with van der Waals surface area (Å²) < 4.78 is 43.7. The first kappa shape index (κ1) is 26.7. The fraction of sp³-hybridized carbons (Fsp3) is 0.462. The molecule has 2 heterocycles. The van der Waals surface area contributed by atoms with Crippen LogP contribution in [-0.4, -0.2) is 69.9 Å². The second-order valence-electron chi connectivity index (χ2n) is 9.21. The lowest BCUT2D eigenvalue weighted by Crippen LogP contribution is -2.53. The number of fused-ring (bicyclic) bond motifs is 2. The van der Waals surface area contributed by atoms with E-state index in [1.807, 2.05) is 24.3 Å². The first-order chi connectivity index (χ1) is 17.7. The number of sulfonamides is 1. The largest absolute Gasteiger partial charge is 0.497 e. The predicted molar refractivity (Wildman–Crippen MR) is 138 cm³/mol. The van der Waals surface area contributed by atoms with E-state index in [9.17, 15) is 18.0 Å². The number of carbonyl (C=O) groups excluding carboxylic acids is 2. The Hall–Kier alpha value is -3.31. The number of hydrogen-bond acceptors (Lipinski definition) is 7. The fourth-order valence-corrected chi connectivity index (χ4v) is 5.20. The fourth-order valence-electron chi connectivity index (χ4n) is 4.57. The van der Waals surface area contributed by atoms with Gasteiger partial charge < -0.3 is 24.4 Å². The topological polar surface area (TPSA) is 123 Å². The van der Waals surface area contributed by atoms with Gasteiger partial charge in [0.2, 0.25) is 15.9 Å². The number of hydrogen-bond donors (Lipinski definition) is 2. The molecule has 2 aliphatic heterocycles. The summed E-state index contributed by atoms with van der Waals surface area (Å²) in [6.07, 6.45) is 0.818. The van der Waals surface area contributed by atoms with E-state index >= 15 is 0 Å². The van der Waals surface area contributed by atoms with E-state index in [0.29, 0.717) is 30.8 Å². The third-order valence-corrected chi connectivity index (χ3v) is 8.03. The first-order valence-corrected chi connectivity index (χ1v) is 13.9. The van der Waals surface area contributed by atoms with Crippen molar-refractivity contribution in [3.05, 3.63) is 53.6 Å². The van der Waals surface area contributed by atoms with Crippen LogP contribution in [0.4, 0.5) is 5.69 Å². The molecule has 2 aliphatic rings. The first-order valence-electron chi connectivity index (χ1n) is 12.3. The van der Waals surface area contributed by atoms with E-state index in [2.05, 4.69) is 10.0 Å². The average molecular weight is 532 g/mol. The van der Waals surface area contributed by atoms with E-state index in [1.165, 1.54) is 6.07 Å². The lowest BCUT2D eigenvalue weighted by molar-refractivity contribution is -0.134. The molecule has 0 unspecified atom stereocenters. The van der Waals surface area contributed by atoms with Crippen LogP contribution in [0.15, 0.2) is 42.5 Å². The van der Waals surface area contributed by atoms with Crippen molar-refractivity contribution >= 4 is 27.5 Å². The third-order valence-electron chi connectivity index (χ3n) is 6.73. The second kappa shape index (κ2) is 11.4. The van der Waals surface area contributed by atoms with Gasteiger partial charge in [-0.3, -0.25) is 14.3 Å². The minimum absolute atomic E-state index is 0.0732. The van der Waals surface area contributed by atoms with Gasteiger partial charge in [0, 0.05) is 19.3 Å². The highest BCUT2D eigenvalue weighted by molar-refractivity contribution is 7.92. The third kappa shape index (κ3) is 6.53. The zero-order valence-electron chi connectivity index (χ0n) is 21.2. The molecule has 11 heteroatoms. The van der Waals surface area contributed by atoms with Gasteiger partial charge in [0.15, 0.2) is 0 Å². The molecule has 0 aromatic heterocycles. The molecule has 1 fully saturated rings. The van der Waals surface area contributed by atoms with E-state index in [0.717, 1.165) is 11.3 Å². The van der Waals surface area contributed by atoms with Gasteiger partial charge in [0.1, 0.15) is 24.2 Å². The lowest BCUT2D eigenvalue weighted by Gasteiger charge is -2.42. The number of amides is 2. The molecule has 0 bridgehead atoms. The maximum absolute atomic E-state index is 13.3. The van der Waals surface area contributed by atoms with Gasteiger partial charge in [0.05, 0.1) is 37.0 Å². The van der Waals surface area contributed by atoms with Crippen LogP contribution in [0.2, 0.25) is 0 Å². The van der Waals surface area contributed by atoms with Gasteiger partial charge in [-0.1, -0.05) is 12.1 Å². The molecule has 1 saturated heterocycles. The van der Waals surface area contributed by atoms with E-state index in [1.54, 1.807) is 38.1 Å². The molecule has 2 N–H and O–H groups in total. The van der Waals surface area contributed by atoms with Crippen LogP contribution >= 0.6 is 0 Å². The quantitative estimate of drug-likeness (QED) is 0.537. The van der Waals surface area contributed by atoms with E-state index in [4.69, 9.17) is 14.2 Å². The Kier molecular flexibility index (Phi) is 8.23. The number of methoxy groups -OCH3 is 1. The normalized spacial score (nSPS) is 21.5. The monoisotopic (exact) mass is 531 g/mol. The van der Waals surface area contributed by atoms with Gasteiger partial charge >= 0.3 is 0 Å². The highest BCUT2D eigenvalue weighted by atomic mass is 32.2. The number of nitrogens with one attached hydrogen (secondary N) is 2. The number of anilines is 1. The highest BCUT2D eigenvalue weighted by Gasteiger charge is 2.39. The maximum Gasteiger partial charge on any atom is 0.257 e. The molecule has 0 saturated carbocycles. The number of benzene rings is 2. The van der Waals surface area contributed by atoms with E-state index in [-0.39, 0.29) is 48.3 Å². The zero-order valence-corrected chi connectivity index (χ0v) is 22.0. The molecule has 2 aromatic carbocycles. The van der Waals surface area contributed by atoms with Crippen LogP contribution in [0.25, 0.3) is 0 Å². The predicted octanol–water partition coefficient (Wildman–Crippen LogP) is 2.54. The Morgan fingerprint density at radius 3 is 2.62 bits per heavy atom. The Balaban J connectivity index is 1.37. The number of rotatable bonds is 8. The summed E-state index contributed by atoms with van der Waals surface area (Å²) in [5.41, 5.74) is 1.57. The molecule has 200 valence electrons. The van der Waals surface area contributed by atoms with Crippen molar-refractivity contribution in [3.8, 4) is 11.5 Å². The van der Waals surface area contributed by atoms with E-state index < -0.39 is 16.1 Å². The molecule has 0 spiro atoms. The summed E-state index contributed by atoms with van der Waals surface area (Å²) in [7, 11) is -0.160. The summed E-state index contributed by atoms with van der Waals surface area (Å²) >= 11 is 0. The van der Waals surface area contributed by atoms with Gasteiger partial charge in [-0.2, -0.15) is 0 Å². The highest BCUT2D eigenvalue weighted by Crippen LogP contribution is 2.32. The maximum atomic E-state index is 13.3. The Labute approximate surface area is 217 Å². The van der Waals surface area contributed by atoms with Crippen molar-refractivity contribution in [2.24, 2.45) is 0 Å². The smallest absolute Gasteiger partial charge is 0.257 e. The number of likely N-dealkylation sites (N-methyl/N-ethyl adjacent to an activating group) is 1. The number of ether oxygens (including phenoxy) is 3. The van der Waals surface area contributed by atoms with Crippen LogP contribution in [0.5, 0.6) is 11.5 Å². The van der Waals surface area contributed by atoms with Gasteiger partial charge in [-0.25, -0.2) is 8.42 Å². The van der Waals surface area contributed by atoms with Crippen molar-refractivity contribution < 1.29 is 32.2 Å². The molecule has 4 rings (SSSR count). The van der Waals surface area contributed by atoms with Crippen molar-refractivity contribution in [1.82, 2.24) is 10.2 Å². The number of nitrogens with zero attached hydrogens (tertiary/aromatic N) is 1. The van der Waals surface area contributed by atoms with Crippen LogP contribution in [0.3, 0.4) is 0 Å². The molecule has 37 heavy (non-hydrogen) atoms. The minimum Gasteiger partial charge on any atom is -0.497 e. The van der Waals surface area contributed by atoms with Crippen molar-refractivity contribution in [2.75, 3.05) is 31.2 Å². The standard InChI is InChI=1S/C26H33N3O7S/c1-4-37(32,33)28-18-7-12-23-21(13-18)26(31)29(2)22-11-10-20(36-24(22)16-35-23)14-25(30)27-15-17-5-8-19(34-3)9-6-17/h5-9,12-13,20,22,24,28H,4,10-11,14-16H2,1-3H3,(H,27,30)/t20-,22-,24-/m0/s1. The molecule has 10 nitrogen and oxygen atoms in total. The molecule has 0 radical (unpaired) electrons. The summed E-state index contributed by atoms with van der Waals surface area (Å²) in [6, 6.07) is 11.9. The molecule has 0 aliphatic carbocycles. The zero-order chi connectivity index (χ0) is 26.6. The lowest BCUT2D eigenvalue weighted by atomic mass is 9.94. The SMILES string of the molecule is CCS(=O)(=O)Nc1ccc2c(c1)C(=O)N(C)[C@H]1CC[C@@H](CC(=O)NCc3ccc(OC)cc3)O[C@H]1CO2. The second-order valence-corrected chi connectivity index (χ2v) is 11.2. The van der Waals surface area contributed by atoms with Crippen molar-refractivity contribution in [3.63, 3.8) is 0 Å². The van der Waals surface area contributed by atoms with Crippen LogP contribution in [0, 0.1) is 0 Å². The molecular formula is C26H33N3O7S. The van der Waals surface area contributed by atoms with Crippen LogP contribution < -0.4 is 19.5 Å². The molecule has 2 aromatic rings. The Morgan fingerprint density at radius 2 is 1.92 bits per heavy atom. The summed E-state index contributed by atoms with van der Waals surface area (Å²) in [5.74, 6) is 0.660. The summed E-state index contributed by atoms with van der Waals surface area (Å²) in [5, 5.41) is 2.93. The summed E-state index contributed by atoms with van der Waals surface area (Å²) in [6.45, 7) is 2.16. The van der Waals surface area contributed by atoms with Crippen LogP contribution in [-0.2, 0) is 26.1 Å². The molecule has 3 atom stereocenters. The van der Waals surface area contributed by atoms with Gasteiger partial charge in [-0.05, 0) is 55.7 Å². The summed E-state index contributed by atoms with van der Waals surface area (Å²) in [4.78, 5) is 27.5. The molecular weight excluding hydrogens is 498 g/mol. The van der Waals surface area contributed by atoms with Gasteiger partial charge in [0.25, 0.3) is 5.91 Å². The average Bonchev–Trinajstić information content (AvgIpc) is 2.90. The van der Waals surface area contributed by atoms with Crippen molar-refractivity contribution in [1.29, 1.82) is 0 Å². The Bertz CT molecular complexity index is 1230. The van der Waals surface area contributed by atoms with Crippen molar-refractivity contribution in [2.45, 2.75) is 51.0 Å². The minimum atomic E-state index is -3.48. The molecule has 2 amide bonds.